The zero-order valence-electron chi connectivity index (χ0n) is 15.6. The molecule has 0 radical (unpaired) electrons. The molecule has 23 heavy (non-hydrogen) atoms. The Morgan fingerprint density at radius 1 is 0.739 bits per heavy atom. The molecule has 2 rings (SSSR count). The molecule has 0 amide bonds. The van der Waals surface area contributed by atoms with Crippen LogP contribution in [0.25, 0.3) is 0 Å². The molecule has 2 unspecified atom stereocenters. The minimum Gasteiger partial charge on any atom is -0.303 e. The second kappa shape index (κ2) is 11.3. The molecule has 2 aliphatic carbocycles. The minimum atomic E-state index is 0.387. The van der Waals surface area contributed by atoms with E-state index in [1.807, 2.05) is 0 Å². The Hall–Kier alpha value is -0.330. The molecule has 0 saturated heterocycles. The van der Waals surface area contributed by atoms with Gasteiger partial charge in [0.15, 0.2) is 0 Å². The van der Waals surface area contributed by atoms with Crippen LogP contribution in [-0.4, -0.2) is 6.29 Å². The first-order chi connectivity index (χ1) is 11.3. The molecule has 0 N–H and O–H groups in total. The van der Waals surface area contributed by atoms with Crippen molar-refractivity contribution in [3.63, 3.8) is 0 Å². The molecular formula is C22H40O. The fraction of sp³-hybridized carbons (Fsp3) is 0.955. The van der Waals surface area contributed by atoms with Crippen molar-refractivity contribution >= 4 is 6.29 Å². The summed E-state index contributed by atoms with van der Waals surface area (Å²) in [4.78, 5) is 10.8. The van der Waals surface area contributed by atoms with Crippen LogP contribution >= 0.6 is 0 Å². The molecule has 0 heterocycles. The van der Waals surface area contributed by atoms with Gasteiger partial charge in [0.25, 0.3) is 0 Å². The molecule has 0 spiro atoms. The van der Waals surface area contributed by atoms with Gasteiger partial charge in [-0.05, 0) is 49.9 Å². The molecule has 1 heteroatoms. The van der Waals surface area contributed by atoms with Gasteiger partial charge in [0, 0.05) is 5.92 Å². The number of unbranched alkanes of at least 4 members (excludes halogenated alkanes) is 5. The van der Waals surface area contributed by atoms with E-state index in [1.165, 1.54) is 96.2 Å². The van der Waals surface area contributed by atoms with E-state index in [0.29, 0.717) is 5.92 Å². The topological polar surface area (TPSA) is 17.1 Å². The van der Waals surface area contributed by atoms with Crippen LogP contribution in [0.3, 0.4) is 0 Å². The van der Waals surface area contributed by atoms with Crippen LogP contribution in [-0.2, 0) is 4.79 Å². The molecule has 2 fully saturated rings. The van der Waals surface area contributed by atoms with Gasteiger partial charge in [0.1, 0.15) is 6.29 Å². The lowest BCUT2D eigenvalue weighted by molar-refractivity contribution is -0.112. The van der Waals surface area contributed by atoms with E-state index in [4.69, 9.17) is 0 Å². The summed E-state index contributed by atoms with van der Waals surface area (Å²) in [6.45, 7) is 2.44. The number of carbonyl (C=O) groups is 1. The van der Waals surface area contributed by atoms with Crippen molar-refractivity contribution in [2.45, 2.75) is 110 Å². The highest BCUT2D eigenvalue weighted by Gasteiger charge is 2.20. The van der Waals surface area contributed by atoms with E-state index in [0.717, 1.165) is 30.6 Å². The maximum atomic E-state index is 10.8. The van der Waals surface area contributed by atoms with Gasteiger partial charge in [-0.1, -0.05) is 77.6 Å². The van der Waals surface area contributed by atoms with Crippen LogP contribution < -0.4 is 0 Å². The summed E-state index contributed by atoms with van der Waals surface area (Å²) in [7, 11) is 0. The van der Waals surface area contributed by atoms with Gasteiger partial charge >= 0.3 is 0 Å². The van der Waals surface area contributed by atoms with E-state index in [-0.39, 0.29) is 0 Å². The predicted molar refractivity (Wildman–Crippen MR) is 99.6 cm³/mol. The minimum absolute atomic E-state index is 0.387. The Labute approximate surface area is 145 Å². The quantitative estimate of drug-likeness (QED) is 0.315. The third-order valence-corrected chi connectivity index (χ3v) is 6.60. The van der Waals surface area contributed by atoms with Crippen molar-refractivity contribution in [2.75, 3.05) is 0 Å². The Morgan fingerprint density at radius 3 is 1.96 bits per heavy atom. The molecule has 2 aliphatic rings. The molecule has 0 aromatic carbocycles. The Kier molecular flexibility index (Phi) is 9.31. The van der Waals surface area contributed by atoms with Gasteiger partial charge in [-0.2, -0.15) is 0 Å². The maximum Gasteiger partial charge on any atom is 0.123 e. The predicted octanol–water partition coefficient (Wildman–Crippen LogP) is 6.94. The molecule has 1 nitrogen and oxygen atoms in total. The number of hydrogen-bond acceptors (Lipinski definition) is 1. The molecule has 134 valence electrons. The fourth-order valence-electron chi connectivity index (χ4n) is 5.01. The van der Waals surface area contributed by atoms with Gasteiger partial charge in [-0.3, -0.25) is 0 Å². The summed E-state index contributed by atoms with van der Waals surface area (Å²) in [5.74, 6) is 3.37. The second-order valence-electron chi connectivity index (χ2n) is 8.75. The van der Waals surface area contributed by atoms with E-state index in [9.17, 15) is 4.79 Å². The molecule has 0 bridgehead atoms. The van der Waals surface area contributed by atoms with Crippen LogP contribution in [0.5, 0.6) is 0 Å². The number of aldehydes is 1. The Bertz CT molecular complexity index is 303. The molecule has 0 aliphatic heterocycles. The normalized spacial score (nSPS) is 31.9. The summed E-state index contributed by atoms with van der Waals surface area (Å²) in [5.41, 5.74) is 0. The van der Waals surface area contributed by atoms with E-state index in [2.05, 4.69) is 6.92 Å². The highest BCUT2D eigenvalue weighted by molar-refractivity contribution is 5.53. The number of carbonyl (C=O) groups excluding carboxylic acids is 1. The lowest BCUT2D eigenvalue weighted by Gasteiger charge is -2.26. The Balaban J connectivity index is 1.36. The van der Waals surface area contributed by atoms with Crippen molar-refractivity contribution in [1.82, 2.24) is 0 Å². The third-order valence-electron chi connectivity index (χ3n) is 6.60. The van der Waals surface area contributed by atoms with Crippen LogP contribution in [0.1, 0.15) is 110 Å². The van der Waals surface area contributed by atoms with E-state index < -0.39 is 0 Å². The first kappa shape index (κ1) is 19.0. The molecule has 2 saturated carbocycles. The zero-order valence-corrected chi connectivity index (χ0v) is 15.6. The van der Waals surface area contributed by atoms with Crippen molar-refractivity contribution in [3.05, 3.63) is 0 Å². The first-order valence-corrected chi connectivity index (χ1v) is 10.7. The van der Waals surface area contributed by atoms with Crippen molar-refractivity contribution < 1.29 is 4.79 Å². The molecule has 0 aromatic rings. The molecule has 2 atom stereocenters. The van der Waals surface area contributed by atoms with Gasteiger partial charge in [0.2, 0.25) is 0 Å². The van der Waals surface area contributed by atoms with Crippen molar-refractivity contribution in [2.24, 2.45) is 23.7 Å². The smallest absolute Gasteiger partial charge is 0.123 e. The number of hydrogen-bond donors (Lipinski definition) is 0. The van der Waals surface area contributed by atoms with Crippen molar-refractivity contribution in [3.8, 4) is 0 Å². The molecular weight excluding hydrogens is 280 g/mol. The largest absolute Gasteiger partial charge is 0.303 e. The average Bonchev–Trinajstić information content (AvgIpc) is 2.58. The third kappa shape index (κ3) is 7.86. The van der Waals surface area contributed by atoms with Crippen LogP contribution in [0.15, 0.2) is 0 Å². The summed E-state index contributed by atoms with van der Waals surface area (Å²) < 4.78 is 0. The zero-order chi connectivity index (χ0) is 16.3. The van der Waals surface area contributed by atoms with Crippen LogP contribution in [0.2, 0.25) is 0 Å². The highest BCUT2D eigenvalue weighted by atomic mass is 16.1. The number of rotatable bonds is 10. The summed E-state index contributed by atoms with van der Waals surface area (Å²) in [6, 6.07) is 0. The lowest BCUT2D eigenvalue weighted by atomic mass is 9.80. The van der Waals surface area contributed by atoms with Crippen LogP contribution in [0, 0.1) is 23.7 Å². The van der Waals surface area contributed by atoms with Gasteiger partial charge < -0.3 is 4.79 Å². The van der Waals surface area contributed by atoms with Gasteiger partial charge in [0.05, 0.1) is 0 Å². The highest BCUT2D eigenvalue weighted by Crippen LogP contribution is 2.32. The Morgan fingerprint density at radius 2 is 1.35 bits per heavy atom. The summed E-state index contributed by atoms with van der Waals surface area (Å²) in [6.07, 6.45) is 23.8. The molecule has 0 aromatic heterocycles. The second-order valence-corrected chi connectivity index (χ2v) is 8.75. The van der Waals surface area contributed by atoms with E-state index >= 15 is 0 Å². The van der Waals surface area contributed by atoms with Gasteiger partial charge in [-0.25, -0.2) is 0 Å². The summed E-state index contributed by atoms with van der Waals surface area (Å²) in [5, 5.41) is 0. The average molecular weight is 321 g/mol. The monoisotopic (exact) mass is 320 g/mol. The fourth-order valence-corrected chi connectivity index (χ4v) is 5.01. The van der Waals surface area contributed by atoms with Crippen LogP contribution in [0.4, 0.5) is 0 Å². The van der Waals surface area contributed by atoms with E-state index in [1.54, 1.807) is 0 Å². The maximum absolute atomic E-state index is 10.8. The first-order valence-electron chi connectivity index (χ1n) is 10.7. The lowest BCUT2D eigenvalue weighted by Crippen LogP contribution is -2.15. The van der Waals surface area contributed by atoms with Crippen molar-refractivity contribution in [1.29, 1.82) is 0 Å². The summed E-state index contributed by atoms with van der Waals surface area (Å²) >= 11 is 0. The standard InChI is InChI=1S/C22H40O/c1-19-9-8-12-21(17-19)11-7-5-3-2-4-6-10-20-13-15-22(18-23)16-14-20/h18-22H,2-17H2,1H3. The SMILES string of the molecule is CC1CCCC(CCCCCCCCC2CCC(C=O)CC2)C1. The van der Waals surface area contributed by atoms with Gasteiger partial charge in [-0.15, -0.1) is 0 Å².